The third-order valence-corrected chi connectivity index (χ3v) is 5.12. The molecule has 20 heavy (non-hydrogen) atoms. The van der Waals surface area contributed by atoms with Crippen LogP contribution < -0.4 is 5.32 Å². The maximum absolute atomic E-state index is 6.37. The van der Waals surface area contributed by atoms with Gasteiger partial charge in [-0.2, -0.15) is 0 Å². The Balaban J connectivity index is 1.96. The summed E-state index contributed by atoms with van der Waals surface area (Å²) in [6.45, 7) is 3.61. The number of ether oxygens (including phenoxy) is 1. The van der Waals surface area contributed by atoms with E-state index in [-0.39, 0.29) is 0 Å². The van der Waals surface area contributed by atoms with Gasteiger partial charge in [-0.25, -0.2) is 9.97 Å². The van der Waals surface area contributed by atoms with E-state index >= 15 is 0 Å². The van der Waals surface area contributed by atoms with E-state index in [0.29, 0.717) is 24.3 Å². The molecule has 0 aliphatic heterocycles. The van der Waals surface area contributed by atoms with Crippen LogP contribution in [0.25, 0.3) is 10.2 Å². The summed E-state index contributed by atoms with van der Waals surface area (Å²) < 4.78 is 5.01. The fraction of sp³-hybridized carbons (Fsp3) is 0.571. The first-order chi connectivity index (χ1) is 9.69. The van der Waals surface area contributed by atoms with Crippen LogP contribution in [0, 0.1) is 5.92 Å². The van der Waals surface area contributed by atoms with Crippen LogP contribution in [0.15, 0.2) is 0 Å². The second-order valence-corrected chi connectivity index (χ2v) is 6.73. The molecule has 2 aromatic rings. The van der Waals surface area contributed by atoms with E-state index in [1.165, 1.54) is 16.9 Å². The van der Waals surface area contributed by atoms with Crippen molar-refractivity contribution >= 4 is 39.1 Å². The minimum Gasteiger partial charge on any atom is -0.383 e. The zero-order valence-corrected chi connectivity index (χ0v) is 13.3. The average Bonchev–Trinajstić information content (AvgIpc) is 2.76. The van der Waals surface area contributed by atoms with Gasteiger partial charge in [0.15, 0.2) is 0 Å². The van der Waals surface area contributed by atoms with Crippen LogP contribution in [-0.2, 0) is 17.6 Å². The molecule has 0 spiro atoms. The standard InChI is InChI=1S/C14H18ClN3OS/c1-8-3-4-9-10(7-8)20-13-11(9)12(15)17-14(18-13)16-5-6-19-2/h8H,3-7H2,1-2H3,(H,16,17,18). The number of nitrogens with one attached hydrogen (secondary N) is 1. The van der Waals surface area contributed by atoms with Crippen molar-refractivity contribution in [3.05, 3.63) is 15.6 Å². The van der Waals surface area contributed by atoms with Gasteiger partial charge in [0.2, 0.25) is 5.95 Å². The van der Waals surface area contributed by atoms with E-state index < -0.39 is 0 Å². The Morgan fingerprint density at radius 1 is 1.45 bits per heavy atom. The Bertz CT molecular complexity index is 628. The Morgan fingerprint density at radius 3 is 3.10 bits per heavy atom. The molecule has 0 radical (unpaired) electrons. The van der Waals surface area contributed by atoms with E-state index in [9.17, 15) is 0 Å². The highest BCUT2D eigenvalue weighted by molar-refractivity contribution is 7.19. The van der Waals surface area contributed by atoms with E-state index in [1.807, 2.05) is 0 Å². The van der Waals surface area contributed by atoms with Crippen molar-refractivity contribution < 1.29 is 4.74 Å². The van der Waals surface area contributed by atoms with Crippen LogP contribution in [-0.4, -0.2) is 30.2 Å². The summed E-state index contributed by atoms with van der Waals surface area (Å²) >= 11 is 8.14. The number of nitrogens with zero attached hydrogens (tertiary/aromatic N) is 2. The zero-order chi connectivity index (χ0) is 14.1. The van der Waals surface area contributed by atoms with Crippen molar-refractivity contribution in [3.8, 4) is 0 Å². The minimum atomic E-state index is 0.571. The maximum atomic E-state index is 6.37. The number of hydrogen-bond donors (Lipinski definition) is 1. The molecular weight excluding hydrogens is 294 g/mol. The topological polar surface area (TPSA) is 47.0 Å². The van der Waals surface area contributed by atoms with Crippen molar-refractivity contribution in [3.63, 3.8) is 0 Å². The molecule has 1 atom stereocenters. The number of thiophene rings is 1. The van der Waals surface area contributed by atoms with Crippen LogP contribution in [0.2, 0.25) is 5.15 Å². The smallest absolute Gasteiger partial charge is 0.225 e. The Hall–Kier alpha value is -0.910. The zero-order valence-electron chi connectivity index (χ0n) is 11.7. The number of anilines is 1. The lowest BCUT2D eigenvalue weighted by molar-refractivity contribution is 0.210. The summed E-state index contributed by atoms with van der Waals surface area (Å²) in [5, 5.41) is 4.78. The highest BCUT2D eigenvalue weighted by Crippen LogP contribution is 2.40. The molecule has 3 rings (SSSR count). The molecule has 0 saturated carbocycles. The van der Waals surface area contributed by atoms with Gasteiger partial charge < -0.3 is 10.1 Å². The van der Waals surface area contributed by atoms with Crippen molar-refractivity contribution in [2.45, 2.75) is 26.2 Å². The highest BCUT2D eigenvalue weighted by Gasteiger charge is 2.23. The second kappa shape index (κ2) is 5.84. The highest BCUT2D eigenvalue weighted by atomic mass is 35.5. The Kier molecular flexibility index (Phi) is 4.10. The number of aryl methyl sites for hydroxylation is 1. The van der Waals surface area contributed by atoms with Gasteiger partial charge in [0.1, 0.15) is 9.98 Å². The van der Waals surface area contributed by atoms with Crippen molar-refractivity contribution in [2.75, 3.05) is 25.6 Å². The number of fused-ring (bicyclic) bond motifs is 3. The maximum Gasteiger partial charge on any atom is 0.225 e. The first kappa shape index (κ1) is 14.0. The largest absolute Gasteiger partial charge is 0.383 e. The third-order valence-electron chi connectivity index (χ3n) is 3.70. The van der Waals surface area contributed by atoms with Crippen LogP contribution in [0.5, 0.6) is 0 Å². The van der Waals surface area contributed by atoms with E-state index in [2.05, 4.69) is 22.2 Å². The lowest BCUT2D eigenvalue weighted by Crippen LogP contribution is -2.10. The molecular formula is C14H18ClN3OS. The van der Waals surface area contributed by atoms with Crippen LogP contribution in [0.3, 0.4) is 0 Å². The van der Waals surface area contributed by atoms with Crippen molar-refractivity contribution in [2.24, 2.45) is 5.92 Å². The molecule has 108 valence electrons. The molecule has 1 aliphatic rings. The van der Waals surface area contributed by atoms with E-state index in [0.717, 1.165) is 29.0 Å². The van der Waals surface area contributed by atoms with Gasteiger partial charge in [-0.15, -0.1) is 11.3 Å². The first-order valence-electron chi connectivity index (χ1n) is 6.89. The van der Waals surface area contributed by atoms with Crippen LogP contribution in [0.4, 0.5) is 5.95 Å². The minimum absolute atomic E-state index is 0.571. The number of methoxy groups -OCH3 is 1. The third kappa shape index (κ3) is 2.62. The van der Waals surface area contributed by atoms with E-state index in [1.54, 1.807) is 18.4 Å². The van der Waals surface area contributed by atoms with Crippen LogP contribution >= 0.6 is 22.9 Å². The molecule has 0 saturated heterocycles. The summed E-state index contributed by atoms with van der Waals surface area (Å²) in [6, 6.07) is 0. The van der Waals surface area contributed by atoms with Gasteiger partial charge in [0, 0.05) is 18.5 Å². The van der Waals surface area contributed by atoms with Gasteiger partial charge in [0.05, 0.1) is 12.0 Å². The fourth-order valence-electron chi connectivity index (χ4n) is 2.64. The fourth-order valence-corrected chi connectivity index (χ4v) is 4.36. The lowest BCUT2D eigenvalue weighted by atomic mass is 9.89. The first-order valence-corrected chi connectivity index (χ1v) is 8.09. The van der Waals surface area contributed by atoms with Gasteiger partial charge >= 0.3 is 0 Å². The molecule has 4 nitrogen and oxygen atoms in total. The van der Waals surface area contributed by atoms with Crippen molar-refractivity contribution in [1.82, 2.24) is 9.97 Å². The molecule has 0 bridgehead atoms. The Morgan fingerprint density at radius 2 is 2.30 bits per heavy atom. The molecule has 1 aliphatic carbocycles. The molecule has 0 fully saturated rings. The number of hydrogen-bond acceptors (Lipinski definition) is 5. The lowest BCUT2D eigenvalue weighted by Gasteiger charge is -2.17. The second-order valence-electron chi connectivity index (χ2n) is 5.29. The molecule has 0 amide bonds. The predicted octanol–water partition coefficient (Wildman–Crippen LogP) is 3.53. The van der Waals surface area contributed by atoms with Crippen molar-refractivity contribution in [1.29, 1.82) is 0 Å². The summed E-state index contributed by atoms with van der Waals surface area (Å²) in [7, 11) is 1.67. The number of aromatic nitrogens is 2. The molecule has 2 aromatic heterocycles. The average molecular weight is 312 g/mol. The summed E-state index contributed by atoms with van der Waals surface area (Å²) in [5.41, 5.74) is 1.37. The van der Waals surface area contributed by atoms with Gasteiger partial charge in [-0.3, -0.25) is 0 Å². The van der Waals surface area contributed by atoms with Gasteiger partial charge in [0.25, 0.3) is 0 Å². The summed E-state index contributed by atoms with van der Waals surface area (Å²) in [5.74, 6) is 1.34. The Labute approximate surface area is 127 Å². The molecule has 1 N–H and O–H groups in total. The quantitative estimate of drug-likeness (QED) is 0.693. The number of rotatable bonds is 4. The molecule has 2 heterocycles. The van der Waals surface area contributed by atoms with Gasteiger partial charge in [-0.05, 0) is 30.7 Å². The normalized spacial score (nSPS) is 18.2. The predicted molar refractivity (Wildman–Crippen MR) is 84.0 cm³/mol. The molecule has 1 unspecified atom stereocenters. The monoisotopic (exact) mass is 311 g/mol. The van der Waals surface area contributed by atoms with Gasteiger partial charge in [-0.1, -0.05) is 18.5 Å². The SMILES string of the molecule is COCCNc1nc(Cl)c2c3c(sc2n1)CC(C)CC3. The molecule has 6 heteroatoms. The van der Waals surface area contributed by atoms with Crippen LogP contribution in [0.1, 0.15) is 23.8 Å². The molecule has 0 aromatic carbocycles. The number of halogens is 1. The van der Waals surface area contributed by atoms with E-state index in [4.69, 9.17) is 16.3 Å². The summed E-state index contributed by atoms with van der Waals surface area (Å²) in [4.78, 5) is 11.4. The summed E-state index contributed by atoms with van der Waals surface area (Å²) in [6.07, 6.45) is 3.46.